The van der Waals surface area contributed by atoms with Crippen LogP contribution in [0.25, 0.3) is 33.2 Å². The summed E-state index contributed by atoms with van der Waals surface area (Å²) >= 11 is 0. The number of nitrogens with zero attached hydrogens (tertiary/aromatic N) is 2. The van der Waals surface area contributed by atoms with Gasteiger partial charge in [-0.25, -0.2) is 23.1 Å². The van der Waals surface area contributed by atoms with Crippen molar-refractivity contribution in [3.8, 4) is 11.4 Å². The molecule has 2 aromatic carbocycles. The van der Waals surface area contributed by atoms with Gasteiger partial charge in [-0.05, 0) is 62.0 Å². The molecular weight excluding hydrogens is 443 g/mol. The molecule has 8 heteroatoms. The van der Waals surface area contributed by atoms with Gasteiger partial charge in [-0.1, -0.05) is 12.1 Å². The Bertz CT molecular complexity index is 1440. The van der Waals surface area contributed by atoms with Gasteiger partial charge in [0.15, 0.2) is 5.82 Å². The zero-order valence-corrected chi connectivity index (χ0v) is 18.2. The third kappa shape index (κ3) is 3.27. The highest BCUT2D eigenvalue weighted by molar-refractivity contribution is 5.95. The van der Waals surface area contributed by atoms with E-state index in [9.17, 15) is 23.1 Å². The molecule has 2 unspecified atom stereocenters. The molecule has 3 aliphatic rings. The highest BCUT2D eigenvalue weighted by Gasteiger charge is 2.47. The van der Waals surface area contributed by atoms with Crippen LogP contribution in [-0.2, 0) is 11.2 Å². The molecule has 174 valence electrons. The number of para-hydroxylation sites is 1. The van der Waals surface area contributed by atoms with E-state index in [0.717, 1.165) is 31.7 Å². The molecule has 2 aromatic heterocycles. The standard InChI is InChI=1S/C26H22F3N3O2/c27-14-8-17-18(11-30-23(17)20(29)9-14)25-31-21(15-2-1-3-19(28)24(15)32-25)10-16-12-4-6-13(7-5-12)22(16)26(33)34/h1-3,8-9,11-13,16,22,30H,4-7,10H2,(H,33,34). The molecule has 2 heterocycles. The molecule has 7 rings (SSSR count). The zero-order chi connectivity index (χ0) is 23.6. The van der Waals surface area contributed by atoms with Gasteiger partial charge in [0.05, 0.1) is 17.1 Å². The lowest BCUT2D eigenvalue weighted by Crippen LogP contribution is -2.45. The molecule has 3 aliphatic carbocycles. The zero-order valence-electron chi connectivity index (χ0n) is 18.2. The summed E-state index contributed by atoms with van der Waals surface area (Å²) in [6.07, 6.45) is 5.71. The first kappa shape index (κ1) is 21.1. The minimum Gasteiger partial charge on any atom is -0.481 e. The molecular formula is C26H22F3N3O2. The maximum atomic E-state index is 14.9. The number of carbonyl (C=O) groups is 1. The highest BCUT2D eigenvalue weighted by atomic mass is 19.1. The topological polar surface area (TPSA) is 78.9 Å². The summed E-state index contributed by atoms with van der Waals surface area (Å²) in [5.41, 5.74) is 1.15. The number of aliphatic carboxylic acids is 1. The first-order chi connectivity index (χ1) is 16.4. The summed E-state index contributed by atoms with van der Waals surface area (Å²) in [6, 6.07) is 6.61. The average Bonchev–Trinajstić information content (AvgIpc) is 3.24. The average molecular weight is 465 g/mol. The Balaban J connectivity index is 1.52. The summed E-state index contributed by atoms with van der Waals surface area (Å²) < 4.78 is 43.1. The number of carboxylic acids is 1. The molecule has 3 fully saturated rings. The molecule has 0 spiro atoms. The number of aromatic nitrogens is 3. The van der Waals surface area contributed by atoms with Gasteiger partial charge in [0.1, 0.15) is 23.0 Å². The van der Waals surface area contributed by atoms with Crippen LogP contribution in [0.1, 0.15) is 31.4 Å². The van der Waals surface area contributed by atoms with E-state index in [1.54, 1.807) is 12.1 Å². The monoisotopic (exact) mass is 465 g/mol. The van der Waals surface area contributed by atoms with Gasteiger partial charge in [0.25, 0.3) is 0 Å². The normalized spacial score (nSPS) is 24.2. The largest absolute Gasteiger partial charge is 0.481 e. The van der Waals surface area contributed by atoms with Crippen LogP contribution in [-0.4, -0.2) is 26.0 Å². The van der Waals surface area contributed by atoms with Crippen LogP contribution in [0.3, 0.4) is 0 Å². The highest BCUT2D eigenvalue weighted by Crippen LogP contribution is 2.50. The van der Waals surface area contributed by atoms with Crippen molar-refractivity contribution in [1.82, 2.24) is 15.0 Å². The Labute approximate surface area is 193 Å². The quantitative estimate of drug-likeness (QED) is 0.395. The Kier molecular flexibility index (Phi) is 4.86. The van der Waals surface area contributed by atoms with Crippen molar-refractivity contribution in [2.45, 2.75) is 32.1 Å². The van der Waals surface area contributed by atoms with E-state index in [2.05, 4.69) is 9.97 Å². The Hall–Kier alpha value is -3.42. The molecule has 0 aliphatic heterocycles. The van der Waals surface area contributed by atoms with Gasteiger partial charge in [0.2, 0.25) is 0 Å². The lowest BCUT2D eigenvalue weighted by Gasteiger charge is -2.47. The summed E-state index contributed by atoms with van der Waals surface area (Å²) in [5, 5.41) is 10.8. The fourth-order valence-corrected chi connectivity index (χ4v) is 6.27. The number of benzene rings is 2. The number of hydrogen-bond acceptors (Lipinski definition) is 3. The van der Waals surface area contributed by atoms with Crippen LogP contribution in [0.2, 0.25) is 0 Å². The van der Waals surface area contributed by atoms with Crippen LogP contribution in [0.4, 0.5) is 13.2 Å². The second-order valence-corrected chi connectivity index (χ2v) is 9.55. The number of H-pyrrole nitrogens is 1. The molecule has 4 aromatic rings. The second kappa shape index (κ2) is 7.82. The van der Waals surface area contributed by atoms with Crippen LogP contribution in [0.5, 0.6) is 0 Å². The summed E-state index contributed by atoms with van der Waals surface area (Å²) in [5.74, 6) is -2.76. The van der Waals surface area contributed by atoms with E-state index in [4.69, 9.17) is 4.98 Å². The van der Waals surface area contributed by atoms with E-state index in [1.165, 1.54) is 18.3 Å². The molecule has 2 atom stereocenters. The van der Waals surface area contributed by atoms with Gasteiger partial charge >= 0.3 is 5.97 Å². The number of rotatable bonds is 4. The third-order valence-electron chi connectivity index (χ3n) is 7.81. The predicted octanol–water partition coefficient (Wildman–Crippen LogP) is 5.87. The van der Waals surface area contributed by atoms with Crippen LogP contribution in [0.15, 0.2) is 36.5 Å². The van der Waals surface area contributed by atoms with Crippen molar-refractivity contribution in [1.29, 1.82) is 0 Å². The van der Waals surface area contributed by atoms with E-state index in [1.807, 2.05) is 0 Å². The van der Waals surface area contributed by atoms with Crippen LogP contribution >= 0.6 is 0 Å². The number of carboxylic acid groups (broad SMARTS) is 1. The maximum absolute atomic E-state index is 14.9. The number of aromatic amines is 1. The summed E-state index contributed by atoms with van der Waals surface area (Å²) in [6.45, 7) is 0. The first-order valence-electron chi connectivity index (χ1n) is 11.5. The minimum atomic E-state index is -0.785. The van der Waals surface area contributed by atoms with Crippen molar-refractivity contribution in [2.75, 3.05) is 0 Å². The number of hydrogen-bond donors (Lipinski definition) is 2. The van der Waals surface area contributed by atoms with E-state index in [0.29, 0.717) is 23.1 Å². The van der Waals surface area contributed by atoms with Crippen molar-refractivity contribution >= 4 is 27.8 Å². The Morgan fingerprint density at radius 2 is 1.76 bits per heavy atom. The molecule has 2 N–H and O–H groups in total. The van der Waals surface area contributed by atoms with E-state index < -0.39 is 29.3 Å². The smallest absolute Gasteiger partial charge is 0.307 e. The lowest BCUT2D eigenvalue weighted by molar-refractivity contribution is -0.152. The fourth-order valence-electron chi connectivity index (χ4n) is 6.27. The molecule has 0 radical (unpaired) electrons. The molecule has 3 saturated carbocycles. The minimum absolute atomic E-state index is 0.0999. The van der Waals surface area contributed by atoms with Crippen LogP contribution in [0, 0.1) is 41.1 Å². The van der Waals surface area contributed by atoms with Gasteiger partial charge in [-0.15, -0.1) is 0 Å². The van der Waals surface area contributed by atoms with Gasteiger partial charge in [0, 0.05) is 28.6 Å². The lowest BCUT2D eigenvalue weighted by atomic mass is 9.57. The van der Waals surface area contributed by atoms with Crippen molar-refractivity contribution < 1.29 is 23.1 Å². The van der Waals surface area contributed by atoms with Gasteiger partial charge in [-0.3, -0.25) is 4.79 Å². The summed E-state index contributed by atoms with van der Waals surface area (Å²) in [7, 11) is 0. The molecule has 0 saturated heterocycles. The number of fused-ring (bicyclic) bond motifs is 5. The second-order valence-electron chi connectivity index (χ2n) is 9.55. The molecule has 2 bridgehead atoms. The van der Waals surface area contributed by atoms with Crippen molar-refractivity contribution in [3.63, 3.8) is 0 Å². The summed E-state index contributed by atoms with van der Waals surface area (Å²) in [4.78, 5) is 24.1. The van der Waals surface area contributed by atoms with E-state index >= 15 is 0 Å². The van der Waals surface area contributed by atoms with Gasteiger partial charge in [-0.2, -0.15) is 0 Å². The van der Waals surface area contributed by atoms with Crippen molar-refractivity contribution in [3.05, 3.63) is 59.7 Å². The Morgan fingerprint density at radius 3 is 2.53 bits per heavy atom. The van der Waals surface area contributed by atoms with Crippen molar-refractivity contribution in [2.24, 2.45) is 23.7 Å². The van der Waals surface area contributed by atoms with Gasteiger partial charge < -0.3 is 10.1 Å². The SMILES string of the molecule is O=C(O)C1C2CCC(CC2)C1Cc1nc(-c2c[nH]c3c(F)cc(F)cc23)nc2c(F)cccc12. The Morgan fingerprint density at radius 1 is 1.00 bits per heavy atom. The predicted molar refractivity (Wildman–Crippen MR) is 120 cm³/mol. The maximum Gasteiger partial charge on any atom is 0.307 e. The molecule has 5 nitrogen and oxygen atoms in total. The third-order valence-corrected chi connectivity index (χ3v) is 7.81. The van der Waals surface area contributed by atoms with E-state index in [-0.39, 0.29) is 40.0 Å². The first-order valence-corrected chi connectivity index (χ1v) is 11.5. The number of halogens is 3. The molecule has 0 amide bonds. The number of nitrogens with one attached hydrogen (secondary N) is 1. The molecule has 34 heavy (non-hydrogen) atoms. The fraction of sp³-hybridized carbons (Fsp3) is 0.346. The van der Waals surface area contributed by atoms with Crippen LogP contribution < -0.4 is 0 Å².